The fourth-order valence-corrected chi connectivity index (χ4v) is 2.37. The summed E-state index contributed by atoms with van der Waals surface area (Å²) in [6, 6.07) is 7.61. The normalized spacial score (nSPS) is 17.0. The van der Waals surface area contributed by atoms with Crippen LogP contribution in [0.25, 0.3) is 0 Å². The number of nitriles is 1. The minimum atomic E-state index is 0.228. The van der Waals surface area contributed by atoms with E-state index in [0.29, 0.717) is 17.8 Å². The van der Waals surface area contributed by atoms with Gasteiger partial charge >= 0.3 is 0 Å². The topological polar surface area (TPSA) is 82.9 Å². The molecule has 0 radical (unpaired) electrons. The van der Waals surface area contributed by atoms with Gasteiger partial charge in [-0.3, -0.25) is 9.97 Å². The van der Waals surface area contributed by atoms with E-state index in [9.17, 15) is 0 Å². The van der Waals surface area contributed by atoms with E-state index in [2.05, 4.69) is 26.7 Å². The predicted octanol–water partition coefficient (Wildman–Crippen LogP) is 1.70. The van der Waals surface area contributed by atoms with E-state index in [1.807, 2.05) is 12.1 Å². The number of hydrogen-bond donors (Lipinski definition) is 2. The molecule has 1 fully saturated rings. The van der Waals surface area contributed by atoms with Crippen molar-refractivity contribution < 1.29 is 4.74 Å². The third kappa shape index (κ3) is 3.51. The molecule has 2 N–H and O–H groups in total. The molecule has 1 atom stereocenters. The van der Waals surface area contributed by atoms with Gasteiger partial charge in [-0.25, -0.2) is 0 Å². The first-order valence-electron chi connectivity index (χ1n) is 7.25. The monoisotopic (exact) mass is 295 g/mol. The number of pyridine rings is 2. The van der Waals surface area contributed by atoms with Gasteiger partial charge in [0.15, 0.2) is 0 Å². The van der Waals surface area contributed by atoms with Crippen molar-refractivity contribution >= 4 is 5.69 Å². The fraction of sp³-hybridized carbons (Fsp3) is 0.312. The molecule has 22 heavy (non-hydrogen) atoms. The predicted molar refractivity (Wildman–Crippen MR) is 82.4 cm³/mol. The number of rotatable bonds is 5. The number of hydrogen-bond acceptors (Lipinski definition) is 6. The van der Waals surface area contributed by atoms with E-state index in [1.165, 1.54) is 0 Å². The number of nitrogens with one attached hydrogen (secondary N) is 2. The summed E-state index contributed by atoms with van der Waals surface area (Å²) in [6.45, 7) is 2.40. The molecular formula is C16H17N5O. The van der Waals surface area contributed by atoms with Gasteiger partial charge in [0.1, 0.15) is 17.9 Å². The molecular weight excluding hydrogens is 278 g/mol. The Balaban J connectivity index is 1.64. The Labute approximate surface area is 129 Å². The first-order chi connectivity index (χ1) is 10.8. The molecule has 0 aromatic carbocycles. The Morgan fingerprint density at radius 3 is 3.18 bits per heavy atom. The summed E-state index contributed by atoms with van der Waals surface area (Å²) in [7, 11) is 0. The van der Waals surface area contributed by atoms with E-state index < -0.39 is 0 Å². The molecule has 0 amide bonds. The Kier molecular flexibility index (Phi) is 4.47. The van der Waals surface area contributed by atoms with Gasteiger partial charge in [0.25, 0.3) is 0 Å². The van der Waals surface area contributed by atoms with Crippen molar-refractivity contribution in [1.29, 1.82) is 5.26 Å². The van der Waals surface area contributed by atoms with Gasteiger partial charge in [-0.05, 0) is 25.1 Å². The van der Waals surface area contributed by atoms with Crippen molar-refractivity contribution in [3.05, 3.63) is 48.0 Å². The summed E-state index contributed by atoms with van der Waals surface area (Å²) in [6.07, 6.45) is 6.24. The molecule has 0 spiro atoms. The Bertz CT molecular complexity index is 676. The fourth-order valence-electron chi connectivity index (χ4n) is 2.37. The molecule has 6 heteroatoms. The lowest BCUT2D eigenvalue weighted by atomic mass is 10.2. The average molecular weight is 295 g/mol. The first-order valence-corrected chi connectivity index (χ1v) is 7.25. The van der Waals surface area contributed by atoms with Crippen LogP contribution in [0.3, 0.4) is 0 Å². The van der Waals surface area contributed by atoms with Gasteiger partial charge in [0.2, 0.25) is 0 Å². The lowest BCUT2D eigenvalue weighted by molar-refractivity contribution is 0.222. The average Bonchev–Trinajstić information content (AvgIpc) is 3.06. The van der Waals surface area contributed by atoms with Crippen LogP contribution in [-0.4, -0.2) is 29.2 Å². The zero-order valence-corrected chi connectivity index (χ0v) is 12.1. The molecule has 0 aliphatic carbocycles. The van der Waals surface area contributed by atoms with Gasteiger partial charge < -0.3 is 15.4 Å². The molecule has 6 nitrogen and oxygen atoms in total. The number of anilines is 1. The molecule has 1 saturated heterocycles. The van der Waals surface area contributed by atoms with Crippen LogP contribution in [0.2, 0.25) is 0 Å². The maximum absolute atomic E-state index is 9.06. The number of aromatic nitrogens is 2. The van der Waals surface area contributed by atoms with E-state index in [4.69, 9.17) is 10.00 Å². The van der Waals surface area contributed by atoms with Crippen molar-refractivity contribution in [3.8, 4) is 11.8 Å². The summed E-state index contributed by atoms with van der Waals surface area (Å²) in [5.74, 6) is 0.826. The van der Waals surface area contributed by atoms with Crippen molar-refractivity contribution in [2.24, 2.45) is 0 Å². The lowest BCUT2D eigenvalue weighted by Gasteiger charge is -2.13. The second kappa shape index (κ2) is 6.87. The van der Waals surface area contributed by atoms with E-state index in [1.54, 1.807) is 24.7 Å². The third-order valence-corrected chi connectivity index (χ3v) is 3.51. The molecule has 3 rings (SSSR count). The molecule has 1 unspecified atom stereocenters. The molecule has 1 aliphatic rings. The second-order valence-electron chi connectivity index (χ2n) is 5.10. The molecule has 0 saturated carbocycles. The second-order valence-corrected chi connectivity index (χ2v) is 5.10. The molecule has 2 aromatic heterocycles. The number of ether oxygens (including phenoxy) is 1. The van der Waals surface area contributed by atoms with Gasteiger partial charge in [-0.15, -0.1) is 0 Å². The van der Waals surface area contributed by atoms with Crippen LogP contribution < -0.4 is 15.4 Å². The number of nitrogens with zero attached hydrogens (tertiary/aromatic N) is 3. The summed E-state index contributed by atoms with van der Waals surface area (Å²) >= 11 is 0. The van der Waals surface area contributed by atoms with Gasteiger partial charge in [0.05, 0.1) is 29.7 Å². The smallest absolute Gasteiger partial charge is 0.123 e. The van der Waals surface area contributed by atoms with Crippen molar-refractivity contribution in [1.82, 2.24) is 15.3 Å². The lowest BCUT2D eigenvalue weighted by Crippen LogP contribution is -2.19. The van der Waals surface area contributed by atoms with Crippen LogP contribution >= 0.6 is 0 Å². The Hall–Kier alpha value is -2.65. The van der Waals surface area contributed by atoms with Crippen LogP contribution in [0, 0.1) is 11.3 Å². The Morgan fingerprint density at radius 2 is 2.36 bits per heavy atom. The van der Waals surface area contributed by atoms with Gasteiger partial charge in [-0.2, -0.15) is 5.26 Å². The minimum absolute atomic E-state index is 0.228. The quantitative estimate of drug-likeness (QED) is 0.873. The maximum Gasteiger partial charge on any atom is 0.123 e. The van der Waals surface area contributed by atoms with Crippen molar-refractivity contribution in [2.45, 2.75) is 19.1 Å². The van der Waals surface area contributed by atoms with Crippen LogP contribution in [0.5, 0.6) is 5.75 Å². The van der Waals surface area contributed by atoms with Gasteiger partial charge in [0, 0.05) is 25.0 Å². The molecule has 3 heterocycles. The summed E-state index contributed by atoms with van der Waals surface area (Å²) in [5, 5.41) is 15.5. The minimum Gasteiger partial charge on any atom is -0.489 e. The maximum atomic E-state index is 9.06. The molecule has 0 bridgehead atoms. The highest BCUT2D eigenvalue weighted by Gasteiger charge is 2.15. The largest absolute Gasteiger partial charge is 0.489 e. The van der Waals surface area contributed by atoms with E-state index >= 15 is 0 Å². The third-order valence-electron chi connectivity index (χ3n) is 3.51. The highest BCUT2D eigenvalue weighted by molar-refractivity contribution is 5.55. The molecule has 112 valence electrons. The molecule has 2 aromatic rings. The van der Waals surface area contributed by atoms with Crippen LogP contribution in [0.4, 0.5) is 5.69 Å². The zero-order valence-electron chi connectivity index (χ0n) is 12.1. The van der Waals surface area contributed by atoms with Crippen LogP contribution in [-0.2, 0) is 6.54 Å². The highest BCUT2D eigenvalue weighted by atomic mass is 16.5. The van der Waals surface area contributed by atoms with E-state index in [-0.39, 0.29) is 6.10 Å². The van der Waals surface area contributed by atoms with Crippen LogP contribution in [0.15, 0.2) is 36.8 Å². The van der Waals surface area contributed by atoms with Gasteiger partial charge in [-0.1, -0.05) is 0 Å². The molecule has 1 aliphatic heterocycles. The summed E-state index contributed by atoms with van der Waals surface area (Å²) < 4.78 is 5.92. The van der Waals surface area contributed by atoms with E-state index in [0.717, 1.165) is 31.0 Å². The van der Waals surface area contributed by atoms with Crippen molar-refractivity contribution in [2.75, 3.05) is 18.4 Å². The van der Waals surface area contributed by atoms with Crippen LogP contribution in [0.1, 0.15) is 17.7 Å². The standard InChI is InChI=1S/C16H17N5O/c17-8-12-1-4-19-11-16(12)21-9-13-7-14(3-6-20-13)22-15-2-5-18-10-15/h1,3-4,6-7,11,15,18,21H,2,5,9-10H2. The Morgan fingerprint density at radius 1 is 1.41 bits per heavy atom. The zero-order chi connectivity index (χ0) is 15.2. The summed E-state index contributed by atoms with van der Waals surface area (Å²) in [5.41, 5.74) is 2.13. The SMILES string of the molecule is N#Cc1ccncc1NCc1cc(OC2CCNC2)ccn1. The van der Waals surface area contributed by atoms with Crippen molar-refractivity contribution in [3.63, 3.8) is 0 Å². The highest BCUT2D eigenvalue weighted by Crippen LogP contribution is 2.17. The summed E-state index contributed by atoms with van der Waals surface area (Å²) in [4.78, 5) is 8.35. The first kappa shape index (κ1) is 14.3.